The van der Waals surface area contributed by atoms with Gasteiger partial charge >= 0.3 is 0 Å². The summed E-state index contributed by atoms with van der Waals surface area (Å²) < 4.78 is 46.8. The molecule has 0 spiro atoms. The molecule has 3 aromatic heterocycles. The number of aromatic nitrogens is 5. The molecular formula is C28H36N8O13P2. The Morgan fingerprint density at radius 2 is 1.69 bits per heavy atom. The number of benzene rings is 1. The van der Waals surface area contributed by atoms with Crippen molar-refractivity contribution < 1.29 is 66.8 Å². The number of imidazole rings is 1. The Labute approximate surface area is 289 Å². The molecule has 1 aromatic carbocycles. The van der Waals surface area contributed by atoms with Gasteiger partial charge in [0.1, 0.15) is 36.3 Å². The second kappa shape index (κ2) is 15.4. The summed E-state index contributed by atoms with van der Waals surface area (Å²) in [5, 5.41) is 45.5. The SMILES string of the molecule is NC(=O)c1ccc[n+]([C@@H]2C[C@H](COP(=O)([O-])OP(=O)([O-])OC[C@@H]3O[C@H](n4cnc5c(Nc6ccccc6)ncnc54)[C@@H](O)[C@H]3O)[C@@H](O)[C@H]2O)c1.[NH4+]. The number of nitrogens with zero attached hydrogens (tertiary/aromatic N) is 5. The average molecular weight is 755 g/mol. The average Bonchev–Trinajstić information content (AvgIpc) is 3.73. The van der Waals surface area contributed by atoms with Gasteiger partial charge in [0.15, 0.2) is 41.6 Å². The fourth-order valence-corrected chi connectivity index (χ4v) is 7.87. The smallest absolute Gasteiger partial charge is 0.274 e. The molecule has 1 amide bonds. The Hall–Kier alpha value is -3.79. The van der Waals surface area contributed by atoms with E-state index in [1.807, 2.05) is 30.3 Å². The monoisotopic (exact) mass is 754 g/mol. The number of nitrogens with one attached hydrogen (secondary N) is 1. The molecule has 4 heterocycles. The van der Waals surface area contributed by atoms with E-state index in [0.717, 1.165) is 5.69 Å². The number of amides is 1. The molecule has 11 N–H and O–H groups in total. The topological polar surface area (TPSA) is 337 Å². The van der Waals surface area contributed by atoms with Gasteiger partial charge in [-0.3, -0.25) is 18.5 Å². The number of aliphatic hydroxyl groups is 4. The summed E-state index contributed by atoms with van der Waals surface area (Å²) in [6.45, 7) is -1.73. The lowest BCUT2D eigenvalue weighted by Crippen LogP contribution is -2.45. The zero-order chi connectivity index (χ0) is 35.8. The zero-order valence-electron chi connectivity index (χ0n) is 26.8. The van der Waals surface area contributed by atoms with E-state index in [9.17, 15) is 44.1 Å². The minimum Gasteiger partial charge on any atom is -0.756 e. The van der Waals surface area contributed by atoms with Crippen LogP contribution in [0.2, 0.25) is 0 Å². The maximum atomic E-state index is 12.5. The van der Waals surface area contributed by atoms with E-state index in [0.29, 0.717) is 11.3 Å². The summed E-state index contributed by atoms with van der Waals surface area (Å²) in [4.78, 5) is 49.1. The number of carbonyl (C=O) groups excluding carboxylic acids is 1. The Bertz CT molecular complexity index is 1940. The van der Waals surface area contributed by atoms with Crippen LogP contribution in [0, 0.1) is 5.92 Å². The zero-order valence-corrected chi connectivity index (χ0v) is 28.6. The molecule has 2 fully saturated rings. The summed E-state index contributed by atoms with van der Waals surface area (Å²) in [5.74, 6) is -1.37. The number of phosphoric ester groups is 2. The van der Waals surface area contributed by atoms with Gasteiger partial charge in [-0.05, 0) is 18.2 Å². The Balaban J connectivity index is 0.00000504. The number of ether oxygens (including phenoxy) is 1. The van der Waals surface area contributed by atoms with Crippen LogP contribution in [0.15, 0.2) is 67.5 Å². The van der Waals surface area contributed by atoms with Crippen molar-refractivity contribution in [3.8, 4) is 0 Å². The number of phosphoric acid groups is 2. The summed E-state index contributed by atoms with van der Waals surface area (Å²) in [7, 11) is -11.3. The first kappa shape index (κ1) is 38.4. The largest absolute Gasteiger partial charge is 0.756 e. The molecule has 10 atom stereocenters. The molecule has 2 unspecified atom stereocenters. The van der Waals surface area contributed by atoms with Crippen molar-refractivity contribution in [3.63, 3.8) is 0 Å². The highest BCUT2D eigenvalue weighted by atomic mass is 31.3. The summed E-state index contributed by atoms with van der Waals surface area (Å²) in [6.07, 6.45) is -3.59. The molecule has 1 aliphatic carbocycles. The highest BCUT2D eigenvalue weighted by Crippen LogP contribution is 2.56. The van der Waals surface area contributed by atoms with Crippen molar-refractivity contribution in [2.75, 3.05) is 18.5 Å². The number of rotatable bonds is 13. The van der Waals surface area contributed by atoms with Gasteiger partial charge in [0.2, 0.25) is 0 Å². The van der Waals surface area contributed by atoms with Crippen LogP contribution < -0.4 is 31.6 Å². The van der Waals surface area contributed by atoms with Gasteiger partial charge in [-0.15, -0.1) is 0 Å². The molecule has 21 nitrogen and oxygen atoms in total. The van der Waals surface area contributed by atoms with Gasteiger partial charge in [0.25, 0.3) is 21.6 Å². The number of anilines is 2. The maximum absolute atomic E-state index is 12.5. The number of hydrogen-bond acceptors (Lipinski definition) is 17. The van der Waals surface area contributed by atoms with Crippen LogP contribution in [-0.2, 0) is 27.2 Å². The fraction of sp³-hybridized carbons (Fsp3) is 0.393. The molecule has 1 saturated carbocycles. The molecule has 2 aliphatic rings. The number of pyridine rings is 1. The van der Waals surface area contributed by atoms with Gasteiger partial charge in [0.05, 0.1) is 25.6 Å². The molecular weight excluding hydrogens is 718 g/mol. The van der Waals surface area contributed by atoms with Gasteiger partial charge in [0, 0.05) is 24.1 Å². The predicted molar refractivity (Wildman–Crippen MR) is 169 cm³/mol. The van der Waals surface area contributed by atoms with Gasteiger partial charge < -0.3 is 61.2 Å². The number of quaternary nitrogens is 1. The normalized spacial score (nSPS) is 28.5. The Morgan fingerprint density at radius 1 is 0.980 bits per heavy atom. The minimum atomic E-state index is -5.67. The van der Waals surface area contributed by atoms with Gasteiger partial charge in [-0.25, -0.2) is 19.3 Å². The van der Waals surface area contributed by atoms with Crippen LogP contribution in [0.1, 0.15) is 29.0 Å². The number of primary amides is 1. The van der Waals surface area contributed by atoms with Crippen molar-refractivity contribution in [1.82, 2.24) is 25.7 Å². The third-order valence-corrected chi connectivity index (χ3v) is 10.8. The molecule has 0 bridgehead atoms. The second-order valence-corrected chi connectivity index (χ2v) is 14.6. The van der Waals surface area contributed by atoms with Crippen LogP contribution in [0.3, 0.4) is 0 Å². The first-order chi connectivity index (χ1) is 23.7. The van der Waals surface area contributed by atoms with Crippen molar-refractivity contribution >= 4 is 44.2 Å². The van der Waals surface area contributed by atoms with Crippen LogP contribution in [0.25, 0.3) is 11.2 Å². The summed E-state index contributed by atoms with van der Waals surface area (Å²) in [6, 6.07) is 11.2. The van der Waals surface area contributed by atoms with E-state index >= 15 is 0 Å². The second-order valence-electron chi connectivity index (χ2n) is 11.6. The van der Waals surface area contributed by atoms with Crippen molar-refractivity contribution in [2.45, 2.75) is 49.2 Å². The quantitative estimate of drug-likeness (QED) is 0.0630. The first-order valence-electron chi connectivity index (χ1n) is 15.0. The first-order valence-corrected chi connectivity index (χ1v) is 18.0. The minimum absolute atomic E-state index is 0. The Kier molecular flexibility index (Phi) is 11.6. The van der Waals surface area contributed by atoms with E-state index in [-0.39, 0.29) is 23.8 Å². The third kappa shape index (κ3) is 8.48. The van der Waals surface area contributed by atoms with Crippen LogP contribution in [0.5, 0.6) is 0 Å². The lowest BCUT2D eigenvalue weighted by Gasteiger charge is -2.32. The summed E-state index contributed by atoms with van der Waals surface area (Å²) >= 11 is 0. The van der Waals surface area contributed by atoms with E-state index in [1.165, 1.54) is 46.3 Å². The number of carbonyl (C=O) groups is 1. The molecule has 4 aromatic rings. The van der Waals surface area contributed by atoms with Crippen molar-refractivity contribution in [1.29, 1.82) is 0 Å². The molecule has 6 rings (SSSR count). The van der Waals surface area contributed by atoms with Gasteiger partial charge in [-0.1, -0.05) is 18.2 Å². The maximum Gasteiger partial charge on any atom is 0.274 e. The van der Waals surface area contributed by atoms with Crippen molar-refractivity contribution in [3.05, 3.63) is 73.1 Å². The fourth-order valence-electron chi connectivity index (χ4n) is 5.81. The van der Waals surface area contributed by atoms with Gasteiger partial charge in [-0.2, -0.15) is 4.57 Å². The van der Waals surface area contributed by atoms with Crippen LogP contribution >= 0.6 is 15.6 Å². The standard InChI is InChI=1S/C28H33N7O13P2.H3N/c29-25(40)15-5-4-8-34(10-15)18-9-16(21(36)22(18)37)11-45-49(41,42)48-50(43,44)46-12-19-23(38)24(39)28(47-19)35-14-32-20-26(30-13-31-27(20)35)33-17-6-2-1-3-7-17;/h1-8,10,13-14,16,18-19,21-24,28,36-39H,9,11-12H2,(H4-,29,30,31,33,40,41,42,43,44);1H3/t16-,18-,19+,21-,22+,23+,24+,28+;/m1./s1. The molecule has 1 saturated heterocycles. The Morgan fingerprint density at radius 3 is 2.39 bits per heavy atom. The van der Waals surface area contributed by atoms with E-state index in [1.54, 1.807) is 0 Å². The number of hydrogen-bond donors (Lipinski definition) is 7. The van der Waals surface area contributed by atoms with Crippen LogP contribution in [-0.4, -0.2) is 89.6 Å². The number of nitrogens with two attached hydrogens (primary N) is 1. The number of para-hydroxylation sites is 1. The van der Waals surface area contributed by atoms with E-state index < -0.39 is 83.5 Å². The highest BCUT2D eigenvalue weighted by Gasteiger charge is 2.48. The molecule has 0 radical (unpaired) electrons. The summed E-state index contributed by atoms with van der Waals surface area (Å²) in [5.41, 5.74) is 6.66. The molecule has 1 aliphatic heterocycles. The lowest BCUT2D eigenvalue weighted by atomic mass is 10.1. The molecule has 51 heavy (non-hydrogen) atoms. The molecule has 276 valence electrons. The van der Waals surface area contributed by atoms with Crippen LogP contribution in [0.4, 0.5) is 11.5 Å². The number of aliphatic hydroxyl groups excluding tert-OH is 4. The third-order valence-electron chi connectivity index (χ3n) is 8.31. The van der Waals surface area contributed by atoms with E-state index in [4.69, 9.17) is 15.0 Å². The lowest BCUT2D eigenvalue weighted by molar-refractivity contribution is -0.728. The predicted octanol–water partition coefficient (Wildman–Crippen LogP) is -1.08. The highest BCUT2D eigenvalue weighted by molar-refractivity contribution is 7.59. The molecule has 23 heteroatoms. The number of fused-ring (bicyclic) bond motifs is 1. The van der Waals surface area contributed by atoms with E-state index in [2.05, 4.69) is 29.1 Å². The van der Waals surface area contributed by atoms with Crippen molar-refractivity contribution in [2.24, 2.45) is 11.7 Å².